The van der Waals surface area contributed by atoms with Gasteiger partial charge in [0.15, 0.2) is 5.13 Å². The molecule has 2 heterocycles. The van der Waals surface area contributed by atoms with E-state index in [1.54, 1.807) is 4.90 Å². The maximum atomic E-state index is 12.9. The molecular formula is C24H38N4O5S. The van der Waals surface area contributed by atoms with Crippen LogP contribution in [0, 0.1) is 16.7 Å². The van der Waals surface area contributed by atoms with Gasteiger partial charge in [0.25, 0.3) is 0 Å². The zero-order valence-corrected chi connectivity index (χ0v) is 21.4. The molecule has 0 radical (unpaired) electrons. The second-order valence-electron chi connectivity index (χ2n) is 10.8. The Morgan fingerprint density at radius 2 is 2.00 bits per heavy atom. The van der Waals surface area contributed by atoms with Gasteiger partial charge in [0, 0.05) is 41.8 Å². The van der Waals surface area contributed by atoms with E-state index >= 15 is 0 Å². The summed E-state index contributed by atoms with van der Waals surface area (Å²) in [4.78, 5) is 33.3. The molecule has 4 N–H and O–H groups in total. The molecule has 3 aliphatic rings. The number of aliphatic hydroxyl groups excluding tert-OH is 2. The van der Waals surface area contributed by atoms with Crippen molar-refractivity contribution in [1.82, 2.24) is 15.2 Å². The summed E-state index contributed by atoms with van der Waals surface area (Å²) >= 11 is 1.44. The molecule has 5 atom stereocenters. The highest BCUT2D eigenvalue weighted by molar-refractivity contribution is 7.15. The van der Waals surface area contributed by atoms with Crippen LogP contribution in [0.15, 0.2) is 0 Å². The number of rotatable bonds is 5. The number of carbonyl (C=O) groups is 2. The number of aromatic nitrogens is 1. The molecule has 9 nitrogen and oxygen atoms in total. The minimum absolute atomic E-state index is 0.0126. The number of thiazole rings is 1. The Balaban J connectivity index is 1.67. The van der Waals surface area contributed by atoms with E-state index in [-0.39, 0.29) is 48.3 Å². The van der Waals surface area contributed by atoms with Crippen LogP contribution in [0.5, 0.6) is 0 Å². The summed E-state index contributed by atoms with van der Waals surface area (Å²) in [5, 5.41) is 27.7. The highest BCUT2D eigenvalue weighted by Gasteiger charge is 2.59. The largest absolute Gasteiger partial charge is 0.396 e. The zero-order chi connectivity index (χ0) is 24.7. The summed E-state index contributed by atoms with van der Waals surface area (Å²) in [5.41, 5.74) is -0.104. The Morgan fingerprint density at radius 1 is 1.29 bits per heavy atom. The van der Waals surface area contributed by atoms with Crippen molar-refractivity contribution in [2.24, 2.45) is 16.7 Å². The van der Waals surface area contributed by atoms with Crippen molar-refractivity contribution in [3.05, 3.63) is 10.6 Å². The van der Waals surface area contributed by atoms with Gasteiger partial charge in [0.05, 0.1) is 31.6 Å². The van der Waals surface area contributed by atoms with Crippen LogP contribution < -0.4 is 10.6 Å². The Kier molecular flexibility index (Phi) is 7.24. The molecule has 1 saturated heterocycles. The van der Waals surface area contributed by atoms with Gasteiger partial charge in [0.2, 0.25) is 5.91 Å². The van der Waals surface area contributed by atoms with E-state index in [0.29, 0.717) is 44.3 Å². The van der Waals surface area contributed by atoms with Crippen molar-refractivity contribution in [2.45, 2.75) is 71.4 Å². The second kappa shape index (κ2) is 9.72. The first-order valence-electron chi connectivity index (χ1n) is 12.3. The predicted octanol–water partition coefficient (Wildman–Crippen LogP) is 2.34. The fraction of sp³-hybridized carbons (Fsp3) is 0.792. The normalized spacial score (nSPS) is 33.3. The maximum absolute atomic E-state index is 12.9. The summed E-state index contributed by atoms with van der Waals surface area (Å²) < 4.78 is 5.34. The van der Waals surface area contributed by atoms with Gasteiger partial charge in [-0.05, 0) is 44.4 Å². The number of hydrogen-bond donors (Lipinski definition) is 4. The minimum Gasteiger partial charge on any atom is -0.396 e. The number of hydrogen-bond acceptors (Lipinski definition) is 7. The molecular weight excluding hydrogens is 456 g/mol. The van der Waals surface area contributed by atoms with Crippen LogP contribution in [0.25, 0.3) is 0 Å². The van der Waals surface area contributed by atoms with E-state index in [9.17, 15) is 19.8 Å². The van der Waals surface area contributed by atoms with Gasteiger partial charge in [-0.1, -0.05) is 13.8 Å². The molecule has 0 spiro atoms. The highest BCUT2D eigenvalue weighted by Crippen LogP contribution is 2.62. The minimum atomic E-state index is -0.668. The quantitative estimate of drug-likeness (QED) is 0.498. The van der Waals surface area contributed by atoms with Crippen molar-refractivity contribution in [1.29, 1.82) is 0 Å². The first-order valence-corrected chi connectivity index (χ1v) is 13.1. The predicted molar refractivity (Wildman–Crippen MR) is 130 cm³/mol. The van der Waals surface area contributed by atoms with Crippen LogP contribution in [-0.4, -0.2) is 77.1 Å². The lowest BCUT2D eigenvalue weighted by atomic mass is 9.47. The van der Waals surface area contributed by atoms with Gasteiger partial charge in [-0.15, -0.1) is 11.3 Å². The van der Waals surface area contributed by atoms with Gasteiger partial charge in [0.1, 0.15) is 0 Å². The molecule has 2 fully saturated rings. The lowest BCUT2D eigenvalue weighted by molar-refractivity contribution is -0.144. The van der Waals surface area contributed by atoms with Gasteiger partial charge in [-0.2, -0.15) is 0 Å². The van der Waals surface area contributed by atoms with E-state index in [1.165, 1.54) is 11.3 Å². The van der Waals surface area contributed by atoms with Gasteiger partial charge < -0.3 is 25.2 Å². The topological polar surface area (TPSA) is 124 Å². The Bertz CT molecular complexity index is 917. The van der Waals surface area contributed by atoms with Crippen LogP contribution in [0.4, 0.5) is 9.93 Å². The summed E-state index contributed by atoms with van der Waals surface area (Å²) in [6.07, 6.45) is 1.67. The van der Waals surface area contributed by atoms with Crippen LogP contribution in [0.2, 0.25) is 0 Å². The zero-order valence-electron chi connectivity index (χ0n) is 20.6. The molecule has 2 aliphatic carbocycles. The SMILES string of the molecule is CC(C)NC(=O)C[C@H]1c2nc(NC(=O)N3CCOCC3)sc2C[C@H]2[C@](C)(CO)[C@H](O)CC[C@]21C. The summed E-state index contributed by atoms with van der Waals surface area (Å²) in [6, 6.07) is -0.156. The lowest BCUT2D eigenvalue weighted by Gasteiger charge is -2.58. The number of ether oxygens (including phenoxy) is 1. The van der Waals surface area contributed by atoms with Gasteiger partial charge >= 0.3 is 6.03 Å². The van der Waals surface area contributed by atoms with E-state index in [4.69, 9.17) is 9.72 Å². The first-order chi connectivity index (χ1) is 16.1. The molecule has 4 rings (SSSR count). The number of morpholine rings is 1. The lowest BCUT2D eigenvalue weighted by Crippen LogP contribution is -2.57. The van der Waals surface area contributed by atoms with Crippen molar-refractivity contribution >= 4 is 28.4 Å². The van der Waals surface area contributed by atoms with E-state index in [1.807, 2.05) is 20.8 Å². The third-order valence-corrected chi connectivity index (χ3v) is 9.25. The molecule has 1 saturated carbocycles. The summed E-state index contributed by atoms with van der Waals surface area (Å²) in [6.45, 7) is 10.0. The van der Waals surface area contributed by atoms with Crippen molar-refractivity contribution in [3.63, 3.8) is 0 Å². The molecule has 0 aromatic carbocycles. The molecule has 0 bridgehead atoms. The molecule has 3 amide bonds. The Hall–Kier alpha value is -1.75. The third-order valence-electron chi connectivity index (χ3n) is 8.25. The molecule has 190 valence electrons. The van der Waals surface area contributed by atoms with Crippen molar-refractivity contribution in [2.75, 3.05) is 38.2 Å². The number of urea groups is 1. The maximum Gasteiger partial charge on any atom is 0.323 e. The number of amides is 3. The van der Waals surface area contributed by atoms with E-state index in [2.05, 4.69) is 17.6 Å². The van der Waals surface area contributed by atoms with Crippen molar-refractivity contribution in [3.8, 4) is 0 Å². The Labute approximate surface area is 205 Å². The van der Waals surface area contributed by atoms with Crippen LogP contribution in [-0.2, 0) is 16.0 Å². The first kappa shape index (κ1) is 25.3. The van der Waals surface area contributed by atoms with Gasteiger partial charge in [-0.3, -0.25) is 10.1 Å². The highest BCUT2D eigenvalue weighted by atomic mass is 32.1. The fourth-order valence-corrected chi connectivity index (χ4v) is 7.26. The monoisotopic (exact) mass is 494 g/mol. The standard InChI is InChI=1S/C24H38N4O5S/c1-14(2)25-19(31)11-15-20-16(12-17-23(15,3)6-5-18(30)24(17,4)13-29)34-21(26-20)27-22(32)28-7-9-33-10-8-28/h14-15,17-18,29-30H,5-13H2,1-4H3,(H,25,31)(H,26,27,32)/t15-,17+,18+,23-,24-/m0/s1. The molecule has 34 heavy (non-hydrogen) atoms. The fourth-order valence-electron chi connectivity index (χ4n) is 6.20. The van der Waals surface area contributed by atoms with E-state index < -0.39 is 11.5 Å². The van der Waals surface area contributed by atoms with Gasteiger partial charge in [-0.25, -0.2) is 9.78 Å². The number of fused-ring (bicyclic) bond motifs is 2. The second-order valence-corrected chi connectivity index (χ2v) is 11.9. The smallest absolute Gasteiger partial charge is 0.323 e. The molecule has 1 aliphatic heterocycles. The molecule has 0 unspecified atom stereocenters. The Morgan fingerprint density at radius 3 is 2.65 bits per heavy atom. The molecule has 1 aromatic heterocycles. The molecule has 1 aromatic rings. The summed E-state index contributed by atoms with van der Waals surface area (Å²) in [5.74, 6) is -0.207. The van der Waals surface area contributed by atoms with Crippen molar-refractivity contribution < 1.29 is 24.5 Å². The number of nitrogens with one attached hydrogen (secondary N) is 2. The summed E-state index contributed by atoms with van der Waals surface area (Å²) in [7, 11) is 0. The number of aliphatic hydroxyl groups is 2. The van der Waals surface area contributed by atoms with Crippen LogP contribution >= 0.6 is 11.3 Å². The average molecular weight is 495 g/mol. The van der Waals surface area contributed by atoms with Crippen LogP contribution in [0.3, 0.4) is 0 Å². The number of nitrogens with zero attached hydrogens (tertiary/aromatic N) is 2. The molecule has 10 heteroatoms. The van der Waals surface area contributed by atoms with Crippen LogP contribution in [0.1, 0.15) is 63.4 Å². The number of carbonyl (C=O) groups excluding carboxylic acids is 2. The average Bonchev–Trinajstić information content (AvgIpc) is 3.20. The number of anilines is 1. The van der Waals surface area contributed by atoms with E-state index in [0.717, 1.165) is 17.0 Å². The third kappa shape index (κ3) is 4.57.